The van der Waals surface area contributed by atoms with Crippen molar-refractivity contribution in [2.24, 2.45) is 0 Å². The maximum atomic E-state index is 12.4. The number of carbonyl (C=O) groups excluding carboxylic acids is 1. The highest BCUT2D eigenvalue weighted by atomic mass is 79.9. The molecule has 134 valence electrons. The second kappa shape index (κ2) is 8.80. The molecule has 2 N–H and O–H groups in total. The van der Waals surface area contributed by atoms with Crippen LogP contribution in [-0.4, -0.2) is 40.6 Å². The van der Waals surface area contributed by atoms with Crippen LogP contribution in [0.4, 0.5) is 0 Å². The molecule has 0 aliphatic carbocycles. The number of rotatable bonds is 7. The summed E-state index contributed by atoms with van der Waals surface area (Å²) in [6.45, 7) is -0.523. The van der Waals surface area contributed by atoms with Crippen molar-refractivity contribution < 1.29 is 24.5 Å². The van der Waals surface area contributed by atoms with Gasteiger partial charge in [-0.2, -0.15) is 0 Å². The first-order valence-corrected chi connectivity index (χ1v) is 8.24. The number of esters is 1. The van der Waals surface area contributed by atoms with E-state index in [9.17, 15) is 14.7 Å². The summed E-state index contributed by atoms with van der Waals surface area (Å²) in [6.07, 6.45) is 0.239. The number of carbonyl (C=O) groups is 1. The molecule has 2 rings (SSSR count). The fourth-order valence-electron chi connectivity index (χ4n) is 2.21. The van der Waals surface area contributed by atoms with Gasteiger partial charge in [-0.25, -0.2) is 4.79 Å². The number of methoxy groups -OCH3 is 1. The quantitative estimate of drug-likeness (QED) is 0.666. The highest BCUT2D eigenvalue weighted by Gasteiger charge is 2.24. The molecule has 0 amide bonds. The van der Waals surface area contributed by atoms with E-state index in [0.29, 0.717) is 0 Å². The molecule has 1 aromatic heterocycles. The maximum Gasteiger partial charge on any atom is 0.358 e. The van der Waals surface area contributed by atoms with E-state index in [1.54, 1.807) is 0 Å². The van der Waals surface area contributed by atoms with Crippen molar-refractivity contribution >= 4 is 21.9 Å². The minimum atomic E-state index is -1.11. The number of ether oxygens (including phenoxy) is 2. The lowest BCUT2D eigenvalue weighted by Gasteiger charge is -2.18. The van der Waals surface area contributed by atoms with Crippen molar-refractivity contribution in [1.29, 1.82) is 0 Å². The lowest BCUT2D eigenvalue weighted by molar-refractivity contribution is 0.0557. The summed E-state index contributed by atoms with van der Waals surface area (Å²) >= 11 is 3.13. The van der Waals surface area contributed by atoms with Crippen molar-refractivity contribution in [3.05, 3.63) is 62.5 Å². The van der Waals surface area contributed by atoms with E-state index in [-0.39, 0.29) is 29.1 Å². The van der Waals surface area contributed by atoms with Crippen molar-refractivity contribution in [2.45, 2.75) is 19.3 Å². The fourth-order valence-corrected chi connectivity index (χ4v) is 2.63. The molecule has 0 bridgehead atoms. The Balaban J connectivity index is 2.47. The molecule has 0 spiro atoms. The number of aromatic nitrogens is 1. The van der Waals surface area contributed by atoms with Crippen LogP contribution >= 0.6 is 15.9 Å². The third kappa shape index (κ3) is 4.68. The molecular formula is C17H18BrNO6. The summed E-state index contributed by atoms with van der Waals surface area (Å²) < 4.78 is 11.8. The van der Waals surface area contributed by atoms with Gasteiger partial charge in [-0.3, -0.25) is 4.79 Å². The molecule has 1 aromatic carbocycles. The van der Waals surface area contributed by atoms with Gasteiger partial charge in [0, 0.05) is 6.20 Å². The highest BCUT2D eigenvalue weighted by molar-refractivity contribution is 9.10. The predicted octanol–water partition coefficient (Wildman–Crippen LogP) is 1.33. The molecule has 1 heterocycles. The van der Waals surface area contributed by atoms with Crippen LogP contribution in [0, 0.1) is 0 Å². The van der Waals surface area contributed by atoms with Gasteiger partial charge >= 0.3 is 5.97 Å². The van der Waals surface area contributed by atoms with Crippen molar-refractivity contribution in [3.63, 3.8) is 0 Å². The first kappa shape index (κ1) is 19.2. The van der Waals surface area contributed by atoms with Gasteiger partial charge < -0.3 is 24.3 Å². The zero-order chi connectivity index (χ0) is 18.4. The van der Waals surface area contributed by atoms with Gasteiger partial charge in [0.25, 0.3) is 0 Å². The van der Waals surface area contributed by atoms with Gasteiger partial charge in [-0.05, 0) is 21.5 Å². The van der Waals surface area contributed by atoms with E-state index in [4.69, 9.17) is 14.6 Å². The molecule has 2 aromatic rings. The topological polar surface area (TPSA) is 98.0 Å². The number of halogens is 1. The maximum absolute atomic E-state index is 12.4. The predicted molar refractivity (Wildman–Crippen MR) is 93.6 cm³/mol. The van der Waals surface area contributed by atoms with Crippen LogP contribution in [0.2, 0.25) is 0 Å². The molecule has 25 heavy (non-hydrogen) atoms. The smallest absolute Gasteiger partial charge is 0.358 e. The Morgan fingerprint density at radius 1 is 1.32 bits per heavy atom. The van der Waals surface area contributed by atoms with Crippen LogP contribution in [0.1, 0.15) is 16.1 Å². The number of benzene rings is 1. The summed E-state index contributed by atoms with van der Waals surface area (Å²) in [7, 11) is 1.18. The van der Waals surface area contributed by atoms with Crippen LogP contribution < -0.4 is 10.2 Å². The summed E-state index contributed by atoms with van der Waals surface area (Å²) in [5, 5.41) is 18.7. The molecule has 0 radical (unpaired) electrons. The van der Waals surface area contributed by atoms with Crippen molar-refractivity contribution in [2.75, 3.05) is 13.7 Å². The van der Waals surface area contributed by atoms with E-state index in [1.807, 2.05) is 30.3 Å². The van der Waals surface area contributed by atoms with Gasteiger partial charge in [0.15, 0.2) is 11.4 Å². The van der Waals surface area contributed by atoms with Crippen LogP contribution in [0.15, 0.2) is 45.8 Å². The number of hydrogen-bond acceptors (Lipinski definition) is 6. The summed E-state index contributed by atoms with van der Waals surface area (Å²) in [6, 6.07) is 9.16. The van der Waals surface area contributed by atoms with Gasteiger partial charge in [0.05, 0.1) is 30.8 Å². The van der Waals surface area contributed by atoms with E-state index >= 15 is 0 Å². The Morgan fingerprint density at radius 3 is 2.60 bits per heavy atom. The summed E-state index contributed by atoms with van der Waals surface area (Å²) in [5.41, 5.74) is 0.185. The first-order chi connectivity index (χ1) is 12.0. The third-order valence-electron chi connectivity index (χ3n) is 3.42. The van der Waals surface area contributed by atoms with Gasteiger partial charge in [0.2, 0.25) is 5.43 Å². The molecule has 1 unspecified atom stereocenters. The Kier molecular flexibility index (Phi) is 6.74. The first-order valence-electron chi connectivity index (χ1n) is 7.44. The Morgan fingerprint density at radius 2 is 2.00 bits per heavy atom. The molecule has 7 nitrogen and oxygen atoms in total. The Labute approximate surface area is 152 Å². The van der Waals surface area contributed by atoms with Crippen molar-refractivity contribution in [3.8, 4) is 5.75 Å². The van der Waals surface area contributed by atoms with Crippen molar-refractivity contribution in [1.82, 2.24) is 4.57 Å². The second-order valence-corrected chi connectivity index (χ2v) is 6.09. The zero-order valence-electron chi connectivity index (χ0n) is 13.5. The van der Waals surface area contributed by atoms with E-state index in [1.165, 1.54) is 17.9 Å². The lowest BCUT2D eigenvalue weighted by Crippen LogP contribution is -2.27. The molecule has 0 aliphatic heterocycles. The van der Waals surface area contributed by atoms with Gasteiger partial charge in [-0.1, -0.05) is 30.3 Å². The number of pyridine rings is 1. The average Bonchev–Trinajstić information content (AvgIpc) is 2.63. The number of aliphatic hydroxyl groups is 2. The SMILES string of the molecule is COC(=O)c1c(OCc2ccccc2)c(=O)c(Br)cn1CC(O)CO. The molecule has 0 saturated heterocycles. The monoisotopic (exact) mass is 411 g/mol. The number of aliphatic hydroxyl groups excluding tert-OH is 2. The standard InChI is InChI=1S/C17H18BrNO6/c1-24-17(23)14-16(25-10-11-5-3-2-4-6-11)15(22)13(18)8-19(14)7-12(21)9-20/h2-6,8,12,20-21H,7,9-10H2,1H3. The minimum Gasteiger partial charge on any atom is -0.482 e. The molecule has 0 saturated carbocycles. The van der Waals surface area contributed by atoms with Crippen LogP contribution in [0.25, 0.3) is 0 Å². The van der Waals surface area contributed by atoms with Crippen LogP contribution in [-0.2, 0) is 17.9 Å². The minimum absolute atomic E-state index is 0.0824. The van der Waals surface area contributed by atoms with Gasteiger partial charge in [-0.15, -0.1) is 0 Å². The van der Waals surface area contributed by atoms with E-state index in [0.717, 1.165) is 5.56 Å². The molecule has 0 fully saturated rings. The highest BCUT2D eigenvalue weighted by Crippen LogP contribution is 2.21. The average molecular weight is 412 g/mol. The largest absolute Gasteiger partial charge is 0.482 e. The fraction of sp³-hybridized carbons (Fsp3) is 0.294. The summed E-state index contributed by atoms with van der Waals surface area (Å²) in [5.74, 6) is -0.965. The molecular weight excluding hydrogens is 394 g/mol. The lowest BCUT2D eigenvalue weighted by atomic mass is 10.2. The Bertz CT molecular complexity index is 790. The number of nitrogens with zero attached hydrogens (tertiary/aromatic N) is 1. The number of hydrogen-bond donors (Lipinski definition) is 2. The van der Waals surface area contributed by atoms with Crippen LogP contribution in [0.3, 0.4) is 0 Å². The zero-order valence-corrected chi connectivity index (χ0v) is 15.1. The van der Waals surface area contributed by atoms with E-state index < -0.39 is 24.1 Å². The Hall–Kier alpha value is -2.16. The summed E-state index contributed by atoms with van der Waals surface area (Å²) in [4.78, 5) is 24.6. The van der Waals surface area contributed by atoms with Gasteiger partial charge in [0.1, 0.15) is 6.61 Å². The third-order valence-corrected chi connectivity index (χ3v) is 3.98. The molecule has 8 heteroatoms. The van der Waals surface area contributed by atoms with Crippen LogP contribution in [0.5, 0.6) is 5.75 Å². The normalized spacial score (nSPS) is 11.8. The molecule has 1 atom stereocenters. The second-order valence-electron chi connectivity index (χ2n) is 5.24. The molecule has 0 aliphatic rings. The van der Waals surface area contributed by atoms with E-state index in [2.05, 4.69) is 15.9 Å².